The Balaban J connectivity index is 1.37. The van der Waals surface area contributed by atoms with Crippen molar-refractivity contribution in [3.05, 3.63) is 89.5 Å². The third-order valence-electron chi connectivity index (χ3n) is 7.09. The van der Waals surface area contributed by atoms with E-state index in [1.54, 1.807) is 31.4 Å². The fraction of sp³-hybridized carbons (Fsp3) is 0.276. The van der Waals surface area contributed by atoms with Crippen molar-refractivity contribution in [2.24, 2.45) is 0 Å². The van der Waals surface area contributed by atoms with Gasteiger partial charge < -0.3 is 14.5 Å². The Labute approximate surface area is 218 Å². The van der Waals surface area contributed by atoms with Crippen LogP contribution in [0.2, 0.25) is 0 Å². The maximum absolute atomic E-state index is 13.7. The number of anilines is 2. The molecule has 192 valence electrons. The number of nitrogens with zero attached hydrogens (tertiary/aromatic N) is 3. The molecule has 0 aromatic heterocycles. The molecule has 0 bridgehead atoms. The number of para-hydroxylation sites is 1. The molecule has 2 heterocycles. The van der Waals surface area contributed by atoms with Gasteiger partial charge in [0.05, 0.1) is 24.2 Å². The Hall–Kier alpha value is -3.62. The molecule has 1 saturated heterocycles. The summed E-state index contributed by atoms with van der Waals surface area (Å²) in [6.45, 7) is 1.17. The van der Waals surface area contributed by atoms with E-state index in [0.717, 1.165) is 33.6 Å². The number of piperidine rings is 1. The second-order valence-corrected chi connectivity index (χ2v) is 11.5. The highest BCUT2D eigenvalue weighted by atomic mass is 32.2. The Morgan fingerprint density at radius 3 is 2.16 bits per heavy atom. The molecule has 3 aromatic rings. The highest BCUT2D eigenvalue weighted by molar-refractivity contribution is 7.89. The number of benzene rings is 3. The van der Waals surface area contributed by atoms with Gasteiger partial charge in [-0.2, -0.15) is 4.31 Å². The highest BCUT2D eigenvalue weighted by Gasteiger charge is 2.36. The van der Waals surface area contributed by atoms with Crippen molar-refractivity contribution in [1.82, 2.24) is 4.31 Å². The first kappa shape index (κ1) is 25.0. The summed E-state index contributed by atoms with van der Waals surface area (Å²) in [6.07, 6.45) is 1.05. The first-order valence-corrected chi connectivity index (χ1v) is 13.8. The van der Waals surface area contributed by atoms with Crippen LogP contribution in [0.5, 0.6) is 5.75 Å². The standard InChI is InChI=1S/C29H31N3O4S/c1-30(2)23-10-8-21(9-11-23)20-32-27-7-5-4-6-26(27)28(29(32)33)22-16-18-31(19-17-22)37(34,35)25-14-12-24(36-3)13-15-25/h4-15H,16-20H2,1-3H3. The van der Waals surface area contributed by atoms with Crippen LogP contribution in [-0.2, 0) is 21.4 Å². The average molecular weight is 518 g/mol. The third kappa shape index (κ3) is 4.74. The Kier molecular flexibility index (Phi) is 6.79. The van der Waals surface area contributed by atoms with E-state index in [4.69, 9.17) is 4.74 Å². The number of carbonyl (C=O) groups excluding carboxylic acids is 1. The number of methoxy groups -OCH3 is 1. The van der Waals surface area contributed by atoms with E-state index in [1.165, 1.54) is 4.31 Å². The van der Waals surface area contributed by atoms with Crippen molar-refractivity contribution in [2.75, 3.05) is 44.1 Å². The molecule has 2 aliphatic rings. The van der Waals surface area contributed by atoms with E-state index in [0.29, 0.717) is 38.2 Å². The predicted octanol–water partition coefficient (Wildman–Crippen LogP) is 4.55. The van der Waals surface area contributed by atoms with E-state index >= 15 is 0 Å². The summed E-state index contributed by atoms with van der Waals surface area (Å²) in [5.74, 6) is 0.598. The van der Waals surface area contributed by atoms with Crippen molar-refractivity contribution < 1.29 is 17.9 Å². The molecule has 5 rings (SSSR count). The lowest BCUT2D eigenvalue weighted by atomic mass is 9.95. The largest absolute Gasteiger partial charge is 0.497 e. The minimum atomic E-state index is -3.61. The number of sulfonamides is 1. The zero-order valence-corrected chi connectivity index (χ0v) is 22.2. The number of fused-ring (bicyclic) bond motifs is 1. The zero-order chi connectivity index (χ0) is 26.2. The van der Waals surface area contributed by atoms with E-state index in [1.807, 2.05) is 48.2 Å². The summed E-state index contributed by atoms with van der Waals surface area (Å²) in [4.78, 5) is 17.8. The molecule has 0 aliphatic carbocycles. The molecule has 37 heavy (non-hydrogen) atoms. The molecule has 0 radical (unpaired) electrons. The summed E-state index contributed by atoms with van der Waals surface area (Å²) in [6, 6.07) is 22.5. The fourth-order valence-corrected chi connectivity index (χ4v) is 6.45. The quantitative estimate of drug-likeness (QED) is 0.449. The van der Waals surface area contributed by atoms with Crippen LogP contribution in [0.3, 0.4) is 0 Å². The molecule has 0 spiro atoms. The van der Waals surface area contributed by atoms with Gasteiger partial charge >= 0.3 is 0 Å². The average Bonchev–Trinajstić information content (AvgIpc) is 3.20. The monoisotopic (exact) mass is 517 g/mol. The molecule has 1 fully saturated rings. The van der Waals surface area contributed by atoms with Crippen molar-refractivity contribution in [3.8, 4) is 5.75 Å². The van der Waals surface area contributed by atoms with Gasteiger partial charge in [-0.25, -0.2) is 8.42 Å². The number of rotatable bonds is 6. The molecule has 0 saturated carbocycles. The fourth-order valence-electron chi connectivity index (χ4n) is 5.00. The van der Waals surface area contributed by atoms with Crippen LogP contribution in [0, 0.1) is 0 Å². The summed E-state index contributed by atoms with van der Waals surface area (Å²) in [5, 5.41) is 0. The van der Waals surface area contributed by atoms with Crippen LogP contribution >= 0.6 is 0 Å². The molecule has 7 nitrogen and oxygen atoms in total. The van der Waals surface area contributed by atoms with Crippen LogP contribution in [0.4, 0.5) is 11.4 Å². The van der Waals surface area contributed by atoms with Crippen LogP contribution in [0.15, 0.2) is 83.3 Å². The van der Waals surface area contributed by atoms with E-state index in [-0.39, 0.29) is 10.8 Å². The lowest BCUT2D eigenvalue weighted by Gasteiger charge is -2.28. The zero-order valence-electron chi connectivity index (χ0n) is 21.3. The molecular weight excluding hydrogens is 486 g/mol. The first-order valence-electron chi connectivity index (χ1n) is 12.3. The maximum Gasteiger partial charge on any atom is 0.259 e. The van der Waals surface area contributed by atoms with E-state index < -0.39 is 10.0 Å². The number of ether oxygens (including phenoxy) is 1. The van der Waals surface area contributed by atoms with Crippen LogP contribution < -0.4 is 14.5 Å². The van der Waals surface area contributed by atoms with Gasteiger partial charge in [0.1, 0.15) is 5.75 Å². The van der Waals surface area contributed by atoms with Gasteiger partial charge in [0.15, 0.2) is 0 Å². The van der Waals surface area contributed by atoms with Crippen LogP contribution in [0.25, 0.3) is 5.57 Å². The van der Waals surface area contributed by atoms with Gasteiger partial charge in [0, 0.05) is 44.0 Å². The first-order chi connectivity index (χ1) is 17.8. The van der Waals surface area contributed by atoms with Crippen LogP contribution in [0.1, 0.15) is 24.0 Å². The molecule has 3 aromatic carbocycles. The minimum Gasteiger partial charge on any atom is -0.497 e. The van der Waals surface area contributed by atoms with E-state index in [2.05, 4.69) is 24.3 Å². The second-order valence-electron chi connectivity index (χ2n) is 9.53. The minimum absolute atomic E-state index is 0.0145. The number of hydrogen-bond acceptors (Lipinski definition) is 5. The molecule has 0 unspecified atom stereocenters. The normalized spacial score (nSPS) is 16.2. The van der Waals surface area contributed by atoms with Crippen molar-refractivity contribution >= 4 is 32.9 Å². The van der Waals surface area contributed by atoms with Crippen molar-refractivity contribution in [3.63, 3.8) is 0 Å². The molecule has 2 aliphatic heterocycles. The Morgan fingerprint density at radius 2 is 1.54 bits per heavy atom. The van der Waals surface area contributed by atoms with Crippen molar-refractivity contribution in [2.45, 2.75) is 24.3 Å². The van der Waals surface area contributed by atoms with Crippen LogP contribution in [-0.4, -0.2) is 52.9 Å². The highest BCUT2D eigenvalue weighted by Crippen LogP contribution is 2.41. The molecule has 0 atom stereocenters. The third-order valence-corrected chi connectivity index (χ3v) is 9.01. The molecular formula is C29H31N3O4S. The Bertz CT molecular complexity index is 1440. The van der Waals surface area contributed by atoms with Gasteiger partial charge in [-0.15, -0.1) is 0 Å². The predicted molar refractivity (Wildman–Crippen MR) is 146 cm³/mol. The van der Waals surface area contributed by atoms with Gasteiger partial charge in [0.25, 0.3) is 5.91 Å². The lowest BCUT2D eigenvalue weighted by molar-refractivity contribution is -0.113. The molecule has 8 heteroatoms. The Morgan fingerprint density at radius 1 is 0.892 bits per heavy atom. The van der Waals surface area contributed by atoms with Crippen molar-refractivity contribution in [1.29, 1.82) is 0 Å². The van der Waals surface area contributed by atoms with Gasteiger partial charge in [-0.3, -0.25) is 4.79 Å². The lowest BCUT2D eigenvalue weighted by Crippen LogP contribution is -2.37. The summed E-state index contributed by atoms with van der Waals surface area (Å²) in [7, 11) is 1.94. The molecule has 0 N–H and O–H groups in total. The maximum atomic E-state index is 13.7. The number of amides is 1. The summed E-state index contributed by atoms with van der Waals surface area (Å²) in [5.41, 5.74) is 5.74. The van der Waals surface area contributed by atoms with Gasteiger partial charge in [-0.1, -0.05) is 35.9 Å². The smallest absolute Gasteiger partial charge is 0.259 e. The van der Waals surface area contributed by atoms with Gasteiger partial charge in [0.2, 0.25) is 10.0 Å². The SMILES string of the molecule is COc1ccc(S(=O)(=O)N2CCC(=C3C(=O)N(Cc4ccc(N(C)C)cc4)c4ccccc43)CC2)cc1. The second kappa shape index (κ2) is 10.0. The molecule has 1 amide bonds. The summed E-state index contributed by atoms with van der Waals surface area (Å²) < 4.78 is 33.0. The topological polar surface area (TPSA) is 70.2 Å². The number of carbonyl (C=O) groups is 1. The van der Waals surface area contributed by atoms with E-state index in [9.17, 15) is 13.2 Å². The number of hydrogen-bond donors (Lipinski definition) is 0. The summed E-state index contributed by atoms with van der Waals surface area (Å²) >= 11 is 0. The van der Waals surface area contributed by atoms with Gasteiger partial charge in [-0.05, 0) is 60.9 Å².